The number of ether oxygens (including phenoxy) is 1. The summed E-state index contributed by atoms with van der Waals surface area (Å²) in [6, 6.07) is 7.73. The predicted octanol–water partition coefficient (Wildman–Crippen LogP) is 1.86. The van der Waals surface area contributed by atoms with Crippen molar-refractivity contribution in [3.63, 3.8) is 0 Å². The van der Waals surface area contributed by atoms with E-state index in [1.165, 1.54) is 12.1 Å². The number of hydrogen-bond acceptors (Lipinski definition) is 6. The Morgan fingerprint density at radius 1 is 1.36 bits per heavy atom. The van der Waals surface area contributed by atoms with Crippen molar-refractivity contribution in [3.05, 3.63) is 53.2 Å². The van der Waals surface area contributed by atoms with E-state index in [9.17, 15) is 9.18 Å². The molecule has 25 heavy (non-hydrogen) atoms. The van der Waals surface area contributed by atoms with Gasteiger partial charge in [-0.15, -0.1) is 0 Å². The van der Waals surface area contributed by atoms with Crippen LogP contribution in [0.25, 0.3) is 0 Å². The number of nitrogens with one attached hydrogen (secondary N) is 1. The average molecular weight is 345 g/mol. The van der Waals surface area contributed by atoms with Crippen LogP contribution in [0.15, 0.2) is 34.9 Å². The van der Waals surface area contributed by atoms with Crippen LogP contribution in [0.1, 0.15) is 17.1 Å². The number of halogens is 1. The maximum Gasteiger partial charge on any atom is 0.417 e. The van der Waals surface area contributed by atoms with Gasteiger partial charge < -0.3 is 10.1 Å². The molecule has 1 N–H and O–H groups in total. The van der Waals surface area contributed by atoms with E-state index in [1.807, 2.05) is 6.92 Å². The Morgan fingerprint density at radius 3 is 2.80 bits per heavy atom. The van der Waals surface area contributed by atoms with Crippen molar-refractivity contribution in [2.75, 3.05) is 11.9 Å². The standard InChI is InChI=1S/C16H16FN5O3/c1-10-7-14(22(2)20-10)19-15(23)9-24-16-18-13(21-25-16)8-11-3-5-12(17)6-4-11/h3-7H,8-9H2,1-2H3,(H,19,23). The van der Waals surface area contributed by atoms with Crippen LogP contribution in [0.4, 0.5) is 10.2 Å². The SMILES string of the molecule is Cc1cc(NC(=O)COc2nc(Cc3ccc(F)cc3)no2)n(C)n1. The van der Waals surface area contributed by atoms with Crippen LogP contribution >= 0.6 is 0 Å². The minimum Gasteiger partial charge on any atom is -0.439 e. The van der Waals surface area contributed by atoms with Gasteiger partial charge in [0, 0.05) is 19.5 Å². The van der Waals surface area contributed by atoms with Crippen molar-refractivity contribution in [1.82, 2.24) is 19.9 Å². The summed E-state index contributed by atoms with van der Waals surface area (Å²) in [5.74, 6) is 0.259. The summed E-state index contributed by atoms with van der Waals surface area (Å²) in [4.78, 5) is 15.9. The highest BCUT2D eigenvalue weighted by Crippen LogP contribution is 2.12. The highest BCUT2D eigenvalue weighted by atomic mass is 19.1. The van der Waals surface area contributed by atoms with Crippen molar-refractivity contribution in [2.45, 2.75) is 13.3 Å². The zero-order valence-electron chi connectivity index (χ0n) is 13.7. The smallest absolute Gasteiger partial charge is 0.417 e. The molecule has 0 saturated carbocycles. The number of nitrogens with zero attached hydrogens (tertiary/aromatic N) is 4. The lowest BCUT2D eigenvalue weighted by Crippen LogP contribution is -2.21. The molecule has 0 saturated heterocycles. The van der Waals surface area contributed by atoms with E-state index in [1.54, 1.807) is 29.9 Å². The first-order valence-corrected chi connectivity index (χ1v) is 7.50. The zero-order valence-corrected chi connectivity index (χ0v) is 13.7. The van der Waals surface area contributed by atoms with Crippen molar-refractivity contribution in [3.8, 4) is 6.08 Å². The number of hydrogen-bond donors (Lipinski definition) is 1. The predicted molar refractivity (Wildman–Crippen MR) is 85.6 cm³/mol. The van der Waals surface area contributed by atoms with Crippen molar-refractivity contribution in [1.29, 1.82) is 0 Å². The third kappa shape index (κ3) is 4.40. The lowest BCUT2D eigenvalue weighted by Gasteiger charge is -2.04. The van der Waals surface area contributed by atoms with E-state index in [0.29, 0.717) is 18.1 Å². The molecule has 9 heteroatoms. The zero-order chi connectivity index (χ0) is 17.8. The molecule has 0 radical (unpaired) electrons. The van der Waals surface area contributed by atoms with Gasteiger partial charge in [0.1, 0.15) is 11.6 Å². The Balaban J connectivity index is 1.52. The number of benzene rings is 1. The Labute approximate surface area is 142 Å². The van der Waals surface area contributed by atoms with E-state index in [0.717, 1.165) is 11.3 Å². The highest BCUT2D eigenvalue weighted by Gasteiger charge is 2.12. The molecule has 1 aromatic carbocycles. The number of anilines is 1. The van der Waals surface area contributed by atoms with Gasteiger partial charge in [0.15, 0.2) is 12.4 Å². The summed E-state index contributed by atoms with van der Waals surface area (Å²) in [6.07, 6.45) is 0.265. The number of amides is 1. The summed E-state index contributed by atoms with van der Waals surface area (Å²) in [6.45, 7) is 1.55. The molecule has 8 nitrogen and oxygen atoms in total. The van der Waals surface area contributed by atoms with Crippen LogP contribution in [-0.2, 0) is 18.3 Å². The summed E-state index contributed by atoms with van der Waals surface area (Å²) in [5.41, 5.74) is 1.62. The van der Waals surface area contributed by atoms with Gasteiger partial charge in [0.2, 0.25) is 0 Å². The molecule has 0 aliphatic rings. The van der Waals surface area contributed by atoms with Crippen molar-refractivity contribution in [2.24, 2.45) is 7.05 Å². The van der Waals surface area contributed by atoms with E-state index < -0.39 is 0 Å². The lowest BCUT2D eigenvalue weighted by molar-refractivity contribution is -0.118. The van der Waals surface area contributed by atoms with E-state index in [2.05, 4.69) is 20.6 Å². The second kappa shape index (κ2) is 7.12. The summed E-state index contributed by atoms with van der Waals surface area (Å²) in [5, 5.41) is 10.6. The first-order valence-electron chi connectivity index (χ1n) is 7.50. The molecule has 2 heterocycles. The quantitative estimate of drug-likeness (QED) is 0.733. The molecular formula is C16H16FN5O3. The van der Waals surface area contributed by atoms with Gasteiger partial charge in [-0.05, 0) is 24.6 Å². The minimum atomic E-state index is -0.374. The molecular weight excluding hydrogens is 329 g/mol. The maximum atomic E-state index is 12.9. The molecule has 2 aromatic heterocycles. The Bertz CT molecular complexity index is 872. The highest BCUT2D eigenvalue weighted by molar-refractivity contribution is 5.91. The molecule has 1 amide bonds. The molecule has 0 fully saturated rings. The third-order valence-corrected chi connectivity index (χ3v) is 3.32. The van der Waals surface area contributed by atoms with Crippen molar-refractivity contribution >= 4 is 11.7 Å². The van der Waals surface area contributed by atoms with Crippen LogP contribution in [0, 0.1) is 12.7 Å². The second-order valence-corrected chi connectivity index (χ2v) is 5.41. The van der Waals surface area contributed by atoms with E-state index in [4.69, 9.17) is 9.26 Å². The molecule has 0 bridgehead atoms. The van der Waals surface area contributed by atoms with Gasteiger partial charge in [-0.25, -0.2) is 4.39 Å². The molecule has 0 aliphatic heterocycles. The number of carbonyl (C=O) groups is 1. The number of aryl methyl sites for hydroxylation is 2. The summed E-state index contributed by atoms with van der Waals surface area (Å²) in [7, 11) is 1.73. The third-order valence-electron chi connectivity index (χ3n) is 3.32. The van der Waals surface area contributed by atoms with Crippen LogP contribution in [0.3, 0.4) is 0 Å². The van der Waals surface area contributed by atoms with Gasteiger partial charge in [-0.3, -0.25) is 14.0 Å². The second-order valence-electron chi connectivity index (χ2n) is 5.41. The molecule has 0 aliphatic carbocycles. The molecule has 0 atom stereocenters. The van der Waals surface area contributed by atoms with Crippen LogP contribution in [-0.4, -0.2) is 32.4 Å². The lowest BCUT2D eigenvalue weighted by atomic mass is 10.1. The van der Waals surface area contributed by atoms with Gasteiger partial charge in [0.25, 0.3) is 5.91 Å². The monoisotopic (exact) mass is 345 g/mol. The molecule has 0 spiro atoms. The van der Waals surface area contributed by atoms with Gasteiger partial charge in [-0.1, -0.05) is 17.3 Å². The number of carbonyl (C=O) groups excluding carboxylic acids is 1. The summed E-state index contributed by atoms with van der Waals surface area (Å²) < 4.78 is 24.5. The van der Waals surface area contributed by atoms with E-state index >= 15 is 0 Å². The molecule has 3 rings (SSSR count). The maximum absolute atomic E-state index is 12.9. The first-order chi connectivity index (χ1) is 12.0. The molecule has 3 aromatic rings. The van der Waals surface area contributed by atoms with Crippen LogP contribution in [0.2, 0.25) is 0 Å². The van der Waals surface area contributed by atoms with Crippen LogP contribution in [0.5, 0.6) is 6.08 Å². The van der Waals surface area contributed by atoms with E-state index in [-0.39, 0.29) is 24.4 Å². The minimum absolute atomic E-state index is 0.103. The Hall–Kier alpha value is -3.23. The van der Waals surface area contributed by atoms with Crippen molar-refractivity contribution < 1.29 is 18.4 Å². The molecule has 0 unspecified atom stereocenters. The largest absolute Gasteiger partial charge is 0.439 e. The van der Waals surface area contributed by atoms with Gasteiger partial charge in [0.05, 0.1) is 5.69 Å². The van der Waals surface area contributed by atoms with Gasteiger partial charge >= 0.3 is 6.08 Å². The summed E-state index contributed by atoms with van der Waals surface area (Å²) >= 11 is 0. The Morgan fingerprint density at radius 2 is 2.12 bits per heavy atom. The first kappa shape index (κ1) is 16.6. The fourth-order valence-electron chi connectivity index (χ4n) is 2.19. The normalized spacial score (nSPS) is 10.7. The Kier molecular flexibility index (Phi) is 4.73. The fourth-order valence-corrected chi connectivity index (χ4v) is 2.19. The number of rotatable bonds is 6. The van der Waals surface area contributed by atoms with Gasteiger partial charge in [-0.2, -0.15) is 10.1 Å². The average Bonchev–Trinajstić information content (AvgIpc) is 3.14. The topological polar surface area (TPSA) is 95.1 Å². The fraction of sp³-hybridized carbons (Fsp3) is 0.250. The van der Waals surface area contributed by atoms with Crippen LogP contribution < -0.4 is 10.1 Å². The molecule has 130 valence electrons. The number of aromatic nitrogens is 4.